The first-order chi connectivity index (χ1) is 9.67. The fourth-order valence-electron chi connectivity index (χ4n) is 1.73. The monoisotopic (exact) mass is 278 g/mol. The molecule has 0 radical (unpaired) electrons. The van der Waals surface area contributed by atoms with Gasteiger partial charge in [-0.05, 0) is 31.6 Å². The fourth-order valence-corrected chi connectivity index (χ4v) is 1.73. The Morgan fingerprint density at radius 2 is 2.00 bits per heavy atom. The molecule has 20 heavy (non-hydrogen) atoms. The lowest BCUT2D eigenvalue weighted by molar-refractivity contribution is -0.137. The number of carbonyl (C=O) groups excluding carboxylic acids is 1. The molecule has 0 aromatic heterocycles. The van der Waals surface area contributed by atoms with Gasteiger partial charge in [0.15, 0.2) is 0 Å². The van der Waals surface area contributed by atoms with Gasteiger partial charge in [0, 0.05) is 6.08 Å². The van der Waals surface area contributed by atoms with Crippen molar-refractivity contribution in [1.82, 2.24) is 0 Å². The van der Waals surface area contributed by atoms with Gasteiger partial charge in [-0.25, -0.2) is 4.79 Å². The maximum absolute atomic E-state index is 11.3. The predicted molar refractivity (Wildman–Crippen MR) is 77.5 cm³/mol. The Labute approximate surface area is 120 Å². The van der Waals surface area contributed by atoms with E-state index < -0.39 is 18.2 Å². The van der Waals surface area contributed by atoms with E-state index in [1.165, 1.54) is 6.08 Å². The van der Waals surface area contributed by atoms with E-state index in [-0.39, 0.29) is 0 Å². The van der Waals surface area contributed by atoms with E-state index in [0.717, 1.165) is 6.42 Å². The number of aliphatic hydroxyl groups is 1. The molecule has 1 aromatic rings. The molecule has 0 aliphatic carbocycles. The number of hydrogen-bond donors (Lipinski definition) is 1. The normalized spacial score (nSPS) is 13.9. The number of carbonyl (C=O) groups is 1. The van der Waals surface area contributed by atoms with Crippen LogP contribution in [0.25, 0.3) is 0 Å². The summed E-state index contributed by atoms with van der Waals surface area (Å²) >= 11 is 0. The molecule has 2 atom stereocenters. The number of para-hydroxylation sites is 1. The standard InChI is InChI=1S/C16H22O4/c1-3-8-14(17)15(11-12-16(18)19-4-2)20-13-9-6-5-7-10-13/h5-7,9-12,14-15,17H,3-4,8H2,1-2H3/b12-11+/t14-,15-/m1/s1. The second kappa shape index (κ2) is 9.15. The largest absolute Gasteiger partial charge is 0.484 e. The molecule has 0 spiro atoms. The Morgan fingerprint density at radius 3 is 2.60 bits per heavy atom. The van der Waals surface area contributed by atoms with E-state index in [4.69, 9.17) is 9.47 Å². The van der Waals surface area contributed by atoms with E-state index in [1.54, 1.807) is 13.0 Å². The van der Waals surface area contributed by atoms with Crippen LogP contribution in [-0.2, 0) is 9.53 Å². The number of hydrogen-bond acceptors (Lipinski definition) is 4. The average molecular weight is 278 g/mol. The minimum absolute atomic E-state index is 0.324. The van der Waals surface area contributed by atoms with Crippen molar-refractivity contribution in [3.63, 3.8) is 0 Å². The van der Waals surface area contributed by atoms with Crippen LogP contribution >= 0.6 is 0 Å². The molecule has 0 unspecified atom stereocenters. The molecule has 4 nitrogen and oxygen atoms in total. The predicted octanol–water partition coefficient (Wildman–Crippen LogP) is 2.71. The molecular formula is C16H22O4. The van der Waals surface area contributed by atoms with E-state index in [0.29, 0.717) is 18.8 Å². The summed E-state index contributed by atoms with van der Waals surface area (Å²) in [6, 6.07) is 9.22. The number of rotatable bonds is 8. The molecule has 1 rings (SSSR count). The second-order valence-electron chi connectivity index (χ2n) is 4.36. The topological polar surface area (TPSA) is 55.8 Å². The summed E-state index contributed by atoms with van der Waals surface area (Å²) in [5.41, 5.74) is 0. The number of esters is 1. The van der Waals surface area contributed by atoms with Crippen molar-refractivity contribution >= 4 is 5.97 Å². The highest BCUT2D eigenvalue weighted by Crippen LogP contribution is 2.15. The zero-order chi connectivity index (χ0) is 14.8. The first-order valence-electron chi connectivity index (χ1n) is 6.92. The Bertz CT molecular complexity index is 414. The SMILES string of the molecule is CCC[C@@H](O)[C@@H](/C=C/C(=O)OCC)Oc1ccccc1. The molecule has 0 fully saturated rings. The molecule has 0 aliphatic rings. The molecule has 4 heteroatoms. The first kappa shape index (κ1) is 16.2. The maximum Gasteiger partial charge on any atom is 0.330 e. The third kappa shape index (κ3) is 5.89. The molecule has 1 N–H and O–H groups in total. The van der Waals surface area contributed by atoms with Crippen molar-refractivity contribution in [3.05, 3.63) is 42.5 Å². The van der Waals surface area contributed by atoms with Gasteiger partial charge in [0.25, 0.3) is 0 Å². The van der Waals surface area contributed by atoms with Crippen molar-refractivity contribution in [1.29, 1.82) is 0 Å². The van der Waals surface area contributed by atoms with Crippen molar-refractivity contribution in [2.75, 3.05) is 6.61 Å². The lowest BCUT2D eigenvalue weighted by Crippen LogP contribution is -2.30. The van der Waals surface area contributed by atoms with Crippen molar-refractivity contribution in [2.24, 2.45) is 0 Å². The maximum atomic E-state index is 11.3. The summed E-state index contributed by atoms with van der Waals surface area (Å²) in [4.78, 5) is 11.3. The Morgan fingerprint density at radius 1 is 1.30 bits per heavy atom. The van der Waals surface area contributed by atoms with Gasteiger partial charge < -0.3 is 14.6 Å². The number of ether oxygens (including phenoxy) is 2. The zero-order valence-electron chi connectivity index (χ0n) is 12.0. The van der Waals surface area contributed by atoms with Crippen LogP contribution in [0.15, 0.2) is 42.5 Å². The zero-order valence-corrected chi connectivity index (χ0v) is 12.0. The minimum Gasteiger partial charge on any atom is -0.484 e. The van der Waals surface area contributed by atoms with E-state index in [1.807, 2.05) is 37.3 Å². The third-order valence-electron chi connectivity index (χ3n) is 2.69. The van der Waals surface area contributed by atoms with Gasteiger partial charge in [-0.1, -0.05) is 31.5 Å². The van der Waals surface area contributed by atoms with Crippen LogP contribution < -0.4 is 4.74 Å². The molecule has 1 aromatic carbocycles. The molecular weight excluding hydrogens is 256 g/mol. The summed E-state index contributed by atoms with van der Waals surface area (Å²) < 4.78 is 10.5. The van der Waals surface area contributed by atoms with Crippen molar-refractivity contribution in [2.45, 2.75) is 38.9 Å². The molecule has 0 saturated carbocycles. The smallest absolute Gasteiger partial charge is 0.330 e. The lowest BCUT2D eigenvalue weighted by atomic mass is 10.1. The number of benzene rings is 1. The van der Waals surface area contributed by atoms with E-state index >= 15 is 0 Å². The Kier molecular flexibility index (Phi) is 7.43. The summed E-state index contributed by atoms with van der Waals surface area (Å²) in [7, 11) is 0. The minimum atomic E-state index is -0.661. The van der Waals surface area contributed by atoms with Gasteiger partial charge in [0.1, 0.15) is 11.9 Å². The molecule has 0 bridgehead atoms. The molecule has 0 aliphatic heterocycles. The summed E-state index contributed by atoms with van der Waals surface area (Å²) in [5.74, 6) is 0.221. The van der Waals surface area contributed by atoms with Crippen LogP contribution in [0.1, 0.15) is 26.7 Å². The van der Waals surface area contributed by atoms with E-state index in [9.17, 15) is 9.90 Å². The van der Waals surface area contributed by atoms with Crippen molar-refractivity contribution in [3.8, 4) is 5.75 Å². The van der Waals surface area contributed by atoms with Crippen LogP contribution in [0.4, 0.5) is 0 Å². The average Bonchev–Trinajstić information content (AvgIpc) is 2.45. The van der Waals surface area contributed by atoms with Gasteiger partial charge in [-0.3, -0.25) is 0 Å². The number of aliphatic hydroxyl groups excluding tert-OH is 1. The van der Waals surface area contributed by atoms with Gasteiger partial charge >= 0.3 is 5.97 Å². The second-order valence-corrected chi connectivity index (χ2v) is 4.36. The first-order valence-corrected chi connectivity index (χ1v) is 6.92. The van der Waals surface area contributed by atoms with Crippen LogP contribution in [-0.4, -0.2) is 29.9 Å². The lowest BCUT2D eigenvalue weighted by Gasteiger charge is -2.21. The molecule has 0 amide bonds. The van der Waals surface area contributed by atoms with Crippen LogP contribution in [0.3, 0.4) is 0 Å². The summed E-state index contributed by atoms with van der Waals surface area (Å²) in [5, 5.41) is 10.1. The summed E-state index contributed by atoms with van der Waals surface area (Å²) in [6.07, 6.45) is 3.06. The highest BCUT2D eigenvalue weighted by molar-refractivity contribution is 5.81. The highest BCUT2D eigenvalue weighted by atomic mass is 16.5. The van der Waals surface area contributed by atoms with Gasteiger partial charge in [-0.2, -0.15) is 0 Å². The third-order valence-corrected chi connectivity index (χ3v) is 2.69. The van der Waals surface area contributed by atoms with Gasteiger partial charge in [0.2, 0.25) is 0 Å². The highest BCUT2D eigenvalue weighted by Gasteiger charge is 2.18. The molecule has 110 valence electrons. The van der Waals surface area contributed by atoms with Crippen LogP contribution in [0, 0.1) is 0 Å². The molecule has 0 saturated heterocycles. The molecule has 0 heterocycles. The van der Waals surface area contributed by atoms with Gasteiger partial charge in [0.05, 0.1) is 12.7 Å². The fraction of sp³-hybridized carbons (Fsp3) is 0.438. The Balaban J connectivity index is 2.72. The van der Waals surface area contributed by atoms with Crippen molar-refractivity contribution < 1.29 is 19.4 Å². The summed E-state index contributed by atoms with van der Waals surface area (Å²) in [6.45, 7) is 4.05. The van der Waals surface area contributed by atoms with Crippen LogP contribution in [0.5, 0.6) is 5.75 Å². The quantitative estimate of drug-likeness (QED) is 0.587. The van der Waals surface area contributed by atoms with Gasteiger partial charge in [-0.15, -0.1) is 0 Å². The van der Waals surface area contributed by atoms with Crippen LogP contribution in [0.2, 0.25) is 0 Å². The Hall–Kier alpha value is -1.81. The van der Waals surface area contributed by atoms with E-state index in [2.05, 4.69) is 0 Å².